The molecule has 1 saturated heterocycles. The molecule has 1 aliphatic carbocycles. The maximum absolute atomic E-state index is 12.7. The number of carbonyl (C=O) groups is 2. The summed E-state index contributed by atoms with van der Waals surface area (Å²) >= 11 is 0. The summed E-state index contributed by atoms with van der Waals surface area (Å²) in [5.74, 6) is -0.266. The lowest BCUT2D eigenvalue weighted by Crippen LogP contribution is -2.60. The Morgan fingerprint density at radius 3 is 2.64 bits per heavy atom. The van der Waals surface area contributed by atoms with Crippen LogP contribution in [0.3, 0.4) is 0 Å². The number of likely N-dealkylation sites (N-methyl/N-ethyl adjacent to an activating group) is 1. The number of rotatable bonds is 5. The van der Waals surface area contributed by atoms with Gasteiger partial charge < -0.3 is 19.7 Å². The number of carbonyl (C=O) groups excluding carboxylic acids is 2. The second kappa shape index (κ2) is 7.74. The molecular formula is C16H26N2O4. The highest BCUT2D eigenvalue weighted by molar-refractivity contribution is 5.87. The van der Waals surface area contributed by atoms with Crippen molar-refractivity contribution in [3.63, 3.8) is 0 Å². The molecule has 1 saturated carbocycles. The number of ether oxygens (including phenoxy) is 2. The maximum atomic E-state index is 12.7. The Morgan fingerprint density at radius 2 is 2.05 bits per heavy atom. The minimum absolute atomic E-state index is 0.0607. The summed E-state index contributed by atoms with van der Waals surface area (Å²) in [5.41, 5.74) is -0.338. The summed E-state index contributed by atoms with van der Waals surface area (Å²) in [6.07, 6.45) is 5.79. The van der Waals surface area contributed by atoms with Crippen LogP contribution in [-0.4, -0.2) is 61.8 Å². The molecular weight excluding hydrogens is 284 g/mol. The quantitative estimate of drug-likeness (QED) is 0.765. The van der Waals surface area contributed by atoms with Crippen molar-refractivity contribution in [1.29, 1.82) is 0 Å². The van der Waals surface area contributed by atoms with E-state index in [2.05, 4.69) is 11.9 Å². The highest BCUT2D eigenvalue weighted by atomic mass is 16.6. The van der Waals surface area contributed by atoms with Crippen molar-refractivity contribution >= 4 is 11.8 Å². The van der Waals surface area contributed by atoms with E-state index in [4.69, 9.17) is 9.47 Å². The van der Waals surface area contributed by atoms with Gasteiger partial charge in [0.2, 0.25) is 5.91 Å². The summed E-state index contributed by atoms with van der Waals surface area (Å²) < 4.78 is 10.9. The van der Waals surface area contributed by atoms with Gasteiger partial charge in [-0.15, -0.1) is 0 Å². The van der Waals surface area contributed by atoms with Crippen LogP contribution < -0.4 is 5.32 Å². The third-order valence-corrected chi connectivity index (χ3v) is 4.69. The molecule has 0 bridgehead atoms. The molecule has 1 aliphatic heterocycles. The van der Waals surface area contributed by atoms with E-state index < -0.39 is 6.10 Å². The number of nitrogens with one attached hydrogen (secondary N) is 1. The van der Waals surface area contributed by atoms with Gasteiger partial charge in [-0.25, -0.2) is 0 Å². The Morgan fingerprint density at radius 1 is 1.32 bits per heavy atom. The average molecular weight is 310 g/mol. The van der Waals surface area contributed by atoms with Crippen molar-refractivity contribution in [3.05, 3.63) is 12.7 Å². The van der Waals surface area contributed by atoms with E-state index in [0.717, 1.165) is 25.7 Å². The van der Waals surface area contributed by atoms with Gasteiger partial charge in [0.1, 0.15) is 0 Å². The number of hydrogen-bond donors (Lipinski definition) is 1. The summed E-state index contributed by atoms with van der Waals surface area (Å²) in [6.45, 7) is 5.21. The SMILES string of the molecule is C=CC(=O)NCC1(N(C)C(=O)[C@H]2COCCO2)CCCCC1. The van der Waals surface area contributed by atoms with Crippen LogP contribution in [0.2, 0.25) is 0 Å². The van der Waals surface area contributed by atoms with Gasteiger partial charge in [-0.05, 0) is 18.9 Å². The van der Waals surface area contributed by atoms with Crippen LogP contribution in [0.25, 0.3) is 0 Å². The fourth-order valence-corrected chi connectivity index (χ4v) is 3.24. The van der Waals surface area contributed by atoms with Crippen LogP contribution in [0, 0.1) is 0 Å². The lowest BCUT2D eigenvalue weighted by molar-refractivity contribution is -0.163. The molecule has 0 aromatic carbocycles. The van der Waals surface area contributed by atoms with Gasteiger partial charge in [0, 0.05) is 13.6 Å². The minimum atomic E-state index is -0.535. The summed E-state index contributed by atoms with van der Waals surface area (Å²) in [5, 5.41) is 2.86. The van der Waals surface area contributed by atoms with Crippen LogP contribution in [0.5, 0.6) is 0 Å². The third-order valence-electron chi connectivity index (χ3n) is 4.69. The fourth-order valence-electron chi connectivity index (χ4n) is 3.24. The van der Waals surface area contributed by atoms with Crippen LogP contribution in [-0.2, 0) is 19.1 Å². The van der Waals surface area contributed by atoms with E-state index in [1.807, 2.05) is 7.05 Å². The fraction of sp³-hybridized carbons (Fsp3) is 0.750. The molecule has 0 aromatic rings. The van der Waals surface area contributed by atoms with Crippen molar-refractivity contribution in [2.75, 3.05) is 33.4 Å². The van der Waals surface area contributed by atoms with Crippen LogP contribution in [0.4, 0.5) is 0 Å². The molecule has 0 radical (unpaired) electrons. The second-order valence-corrected chi connectivity index (χ2v) is 6.04. The molecule has 2 amide bonds. The van der Waals surface area contributed by atoms with Crippen LogP contribution in [0.15, 0.2) is 12.7 Å². The molecule has 2 aliphatic rings. The summed E-state index contributed by atoms with van der Waals surface area (Å²) in [6, 6.07) is 0. The zero-order valence-corrected chi connectivity index (χ0v) is 13.3. The van der Waals surface area contributed by atoms with Crippen LogP contribution >= 0.6 is 0 Å². The average Bonchev–Trinajstić information content (AvgIpc) is 2.59. The first-order valence-corrected chi connectivity index (χ1v) is 7.96. The molecule has 1 N–H and O–H groups in total. The van der Waals surface area contributed by atoms with Gasteiger partial charge in [-0.2, -0.15) is 0 Å². The molecule has 0 spiro atoms. The van der Waals surface area contributed by atoms with E-state index in [-0.39, 0.29) is 17.4 Å². The number of nitrogens with zero attached hydrogens (tertiary/aromatic N) is 1. The van der Waals surface area contributed by atoms with Gasteiger partial charge in [-0.1, -0.05) is 25.8 Å². The van der Waals surface area contributed by atoms with E-state index in [1.54, 1.807) is 4.90 Å². The van der Waals surface area contributed by atoms with Gasteiger partial charge in [0.25, 0.3) is 5.91 Å². The Bertz CT molecular complexity index is 412. The molecule has 6 heteroatoms. The predicted octanol–water partition coefficient (Wildman–Crippen LogP) is 0.865. The molecule has 2 rings (SSSR count). The highest BCUT2D eigenvalue weighted by Gasteiger charge is 2.41. The zero-order chi connectivity index (χ0) is 16.0. The van der Waals surface area contributed by atoms with Gasteiger partial charge in [0.15, 0.2) is 6.10 Å². The topological polar surface area (TPSA) is 67.9 Å². The van der Waals surface area contributed by atoms with Gasteiger partial charge in [0.05, 0.1) is 25.4 Å². The largest absolute Gasteiger partial charge is 0.376 e. The second-order valence-electron chi connectivity index (χ2n) is 6.04. The standard InChI is InChI=1S/C16H26N2O4/c1-3-14(19)17-12-16(7-5-4-6-8-16)18(2)15(20)13-11-21-9-10-22-13/h3,13H,1,4-12H2,2H3,(H,17,19)/t13-/m1/s1. The molecule has 1 atom stereocenters. The molecule has 2 fully saturated rings. The molecule has 6 nitrogen and oxygen atoms in total. The molecule has 1 heterocycles. The first-order valence-electron chi connectivity index (χ1n) is 7.96. The monoisotopic (exact) mass is 310 g/mol. The highest BCUT2D eigenvalue weighted by Crippen LogP contribution is 2.33. The molecule has 124 valence electrons. The van der Waals surface area contributed by atoms with Crippen molar-refractivity contribution in [2.45, 2.75) is 43.7 Å². The van der Waals surface area contributed by atoms with E-state index in [0.29, 0.717) is 26.4 Å². The lowest BCUT2D eigenvalue weighted by Gasteiger charge is -2.46. The predicted molar refractivity (Wildman–Crippen MR) is 82.4 cm³/mol. The Balaban J connectivity index is 2.07. The Hall–Kier alpha value is -1.40. The summed E-state index contributed by atoms with van der Waals surface area (Å²) in [4.78, 5) is 26.0. The smallest absolute Gasteiger partial charge is 0.254 e. The molecule has 22 heavy (non-hydrogen) atoms. The molecule has 0 unspecified atom stereocenters. The number of hydrogen-bond acceptors (Lipinski definition) is 4. The first kappa shape index (κ1) is 17.0. The zero-order valence-electron chi connectivity index (χ0n) is 13.3. The minimum Gasteiger partial charge on any atom is -0.376 e. The normalized spacial score (nSPS) is 24.3. The summed E-state index contributed by atoms with van der Waals surface area (Å²) in [7, 11) is 1.81. The third kappa shape index (κ3) is 3.87. The van der Waals surface area contributed by atoms with Crippen LogP contribution in [0.1, 0.15) is 32.1 Å². The van der Waals surface area contributed by atoms with Crippen molar-refractivity contribution in [3.8, 4) is 0 Å². The number of amides is 2. The molecule has 0 aromatic heterocycles. The van der Waals surface area contributed by atoms with Gasteiger partial charge >= 0.3 is 0 Å². The van der Waals surface area contributed by atoms with E-state index >= 15 is 0 Å². The van der Waals surface area contributed by atoms with Crippen molar-refractivity contribution in [2.24, 2.45) is 0 Å². The Labute approximate surface area is 131 Å². The first-order chi connectivity index (χ1) is 10.6. The van der Waals surface area contributed by atoms with Crippen molar-refractivity contribution in [1.82, 2.24) is 10.2 Å². The maximum Gasteiger partial charge on any atom is 0.254 e. The van der Waals surface area contributed by atoms with Crippen molar-refractivity contribution < 1.29 is 19.1 Å². The van der Waals surface area contributed by atoms with Gasteiger partial charge in [-0.3, -0.25) is 9.59 Å². The van der Waals surface area contributed by atoms with E-state index in [1.165, 1.54) is 12.5 Å². The Kier molecular flexibility index (Phi) is 5.97. The lowest BCUT2D eigenvalue weighted by atomic mass is 9.80. The van der Waals surface area contributed by atoms with E-state index in [9.17, 15) is 9.59 Å².